The zero-order valence-corrected chi connectivity index (χ0v) is 10.2. The van der Waals surface area contributed by atoms with Gasteiger partial charge in [0.1, 0.15) is 5.69 Å². The first-order valence-corrected chi connectivity index (χ1v) is 5.77. The van der Waals surface area contributed by atoms with Crippen molar-refractivity contribution in [3.8, 4) is 0 Å². The Labute approximate surface area is 108 Å². The molecule has 0 aliphatic carbocycles. The molecule has 0 N–H and O–H groups in total. The van der Waals surface area contributed by atoms with Crippen molar-refractivity contribution in [2.45, 2.75) is 19.9 Å². The van der Waals surface area contributed by atoms with Crippen LogP contribution in [0.2, 0.25) is 0 Å². The van der Waals surface area contributed by atoms with Crippen LogP contribution in [0.15, 0.2) is 42.9 Å². The maximum Gasteiger partial charge on any atom is 0.356 e. The summed E-state index contributed by atoms with van der Waals surface area (Å²) in [4.78, 5) is 15.9. The first-order chi connectivity index (χ1) is 9.24. The highest BCUT2D eigenvalue weighted by molar-refractivity contribution is 5.87. The monoisotopic (exact) mass is 245 g/mol. The number of rotatable bonds is 4. The van der Waals surface area contributed by atoms with Gasteiger partial charge in [-0.3, -0.25) is 0 Å². The molecule has 1 aromatic carbocycles. The van der Waals surface area contributed by atoms with Gasteiger partial charge in [0.2, 0.25) is 0 Å². The highest BCUT2D eigenvalue weighted by Crippen LogP contribution is 2.19. The van der Waals surface area contributed by atoms with E-state index < -0.39 is 5.97 Å². The second kappa shape index (κ2) is 5.49. The predicted molar refractivity (Wildman–Crippen MR) is 68.4 cm³/mol. The lowest BCUT2D eigenvalue weighted by atomic mass is 10.1. The number of esters is 1. The molecule has 4 heteroatoms. The quantitative estimate of drug-likeness (QED) is 0.778. The molecule has 4 nitrogen and oxygen atoms in total. The molecule has 0 radical (unpaired) electrons. The van der Waals surface area contributed by atoms with Crippen LogP contribution in [0, 0.1) is 0 Å². The molecule has 1 heterocycles. The maximum absolute atomic E-state index is 11.9. The third kappa shape index (κ3) is 2.42. The van der Waals surface area contributed by atoms with Crippen molar-refractivity contribution in [3.05, 3.63) is 54.1 Å². The van der Waals surface area contributed by atoms with Crippen molar-refractivity contribution >= 4 is 5.97 Å². The number of nitrogens with zero attached hydrogens (tertiary/aromatic N) is 2. The second-order valence-electron chi connectivity index (χ2n) is 3.91. The third-order valence-corrected chi connectivity index (χ3v) is 2.81. The Balaban J connectivity index is 2.22. The van der Waals surface area contributed by atoms with Crippen LogP contribution in [0.25, 0.3) is 0 Å². The van der Waals surface area contributed by atoms with Crippen LogP contribution in [0.5, 0.6) is 0 Å². The molecule has 18 heavy (non-hydrogen) atoms. The number of carbonyl (C=O) groups is 1. The van der Waals surface area contributed by atoms with Gasteiger partial charge in [-0.05, 0) is 19.4 Å². The van der Waals surface area contributed by atoms with Gasteiger partial charge in [-0.25, -0.2) is 9.78 Å². The van der Waals surface area contributed by atoms with Gasteiger partial charge in [-0.15, -0.1) is 0 Å². The molecule has 0 bridgehead atoms. The molecule has 94 valence electrons. The average Bonchev–Trinajstić information content (AvgIpc) is 2.94. The molecule has 0 spiro atoms. The van der Waals surface area contributed by atoms with Crippen LogP contribution in [0.3, 0.4) is 0 Å². The lowest BCUT2D eigenvalue weighted by Crippen LogP contribution is -2.15. The zero-order valence-electron chi connectivity index (χ0n) is 11.2. The standard InChI is InChI=1S/C14H16N2O2/c1-3-18-14(17)13-9-15-10-16(13)11(2)12-7-5-4-6-8-12/h4-11H,3H2,1-2H3/t11-/m1/s1/i1D. The summed E-state index contributed by atoms with van der Waals surface area (Å²) in [7, 11) is 0. The van der Waals surface area contributed by atoms with Crippen LogP contribution >= 0.6 is 0 Å². The zero-order chi connectivity index (χ0) is 13.7. The summed E-state index contributed by atoms with van der Waals surface area (Å²) in [5, 5.41) is 0. The van der Waals surface area contributed by atoms with Gasteiger partial charge in [0, 0.05) is 1.37 Å². The molecule has 0 aliphatic heterocycles. The van der Waals surface area contributed by atoms with Crippen molar-refractivity contribution in [1.82, 2.24) is 9.55 Å². The third-order valence-electron chi connectivity index (χ3n) is 2.81. The second-order valence-corrected chi connectivity index (χ2v) is 3.91. The number of hydrogen-bond acceptors (Lipinski definition) is 3. The van der Waals surface area contributed by atoms with Gasteiger partial charge < -0.3 is 9.30 Å². The Morgan fingerprint density at radius 1 is 1.50 bits per heavy atom. The van der Waals surface area contributed by atoms with Crippen LogP contribution in [0.4, 0.5) is 0 Å². The molecule has 1 atom stereocenters. The van der Waals surface area contributed by atoms with E-state index in [0.29, 0.717) is 5.69 Å². The number of carbonyl (C=O) groups excluding carboxylic acids is 1. The Bertz CT molecular complexity index is 539. The summed E-state index contributed by atoms with van der Waals surface area (Å²) in [6.45, 7) is 2.16. The summed E-state index contributed by atoms with van der Waals surface area (Å²) in [5.74, 6) is -0.437. The number of hydrogen-bond donors (Lipinski definition) is 0. The van der Waals surface area contributed by atoms with Gasteiger partial charge in [0.15, 0.2) is 0 Å². The fourth-order valence-electron chi connectivity index (χ4n) is 1.83. The van der Waals surface area contributed by atoms with Crippen LogP contribution in [-0.4, -0.2) is 22.1 Å². The summed E-state index contributed by atoms with van der Waals surface area (Å²) in [6, 6.07) is 9.88. The van der Waals surface area contributed by atoms with Crippen LogP contribution < -0.4 is 0 Å². The fraction of sp³-hybridized carbons (Fsp3) is 0.286. The highest BCUT2D eigenvalue weighted by atomic mass is 16.5. The van der Waals surface area contributed by atoms with E-state index in [4.69, 9.17) is 6.11 Å². The predicted octanol–water partition coefficient (Wildman–Crippen LogP) is 2.67. The van der Waals surface area contributed by atoms with E-state index >= 15 is 0 Å². The molecule has 0 saturated carbocycles. The maximum atomic E-state index is 11.9. The average molecular weight is 245 g/mol. The molecule has 2 rings (SSSR count). The SMILES string of the molecule is [2H]CCOC(=O)c1cncn1[C@H](C)c1ccccc1. The lowest BCUT2D eigenvalue weighted by Gasteiger charge is -2.16. The highest BCUT2D eigenvalue weighted by Gasteiger charge is 2.17. The van der Waals surface area contributed by atoms with Crippen molar-refractivity contribution in [2.75, 3.05) is 6.61 Å². The minimum Gasteiger partial charge on any atom is -0.461 e. The van der Waals surface area contributed by atoms with Crippen molar-refractivity contribution in [3.63, 3.8) is 0 Å². The molecule has 2 aromatic rings. The lowest BCUT2D eigenvalue weighted by molar-refractivity contribution is 0.0512. The topological polar surface area (TPSA) is 44.1 Å². The number of imidazole rings is 1. The van der Waals surface area contributed by atoms with E-state index in [1.54, 1.807) is 10.9 Å². The minimum atomic E-state index is -0.437. The molecule has 0 saturated heterocycles. The van der Waals surface area contributed by atoms with E-state index in [-0.39, 0.29) is 19.5 Å². The van der Waals surface area contributed by atoms with Crippen molar-refractivity contribution in [1.29, 1.82) is 0 Å². The molecular formula is C14H16N2O2. The first-order valence-electron chi connectivity index (χ1n) is 6.48. The molecule has 0 aliphatic rings. The summed E-state index contributed by atoms with van der Waals surface area (Å²) in [6.07, 6.45) is 3.11. The molecule has 1 aromatic heterocycles. The van der Waals surface area contributed by atoms with Gasteiger partial charge >= 0.3 is 5.97 Å². The Kier molecular flexibility index (Phi) is 3.36. The Hall–Kier alpha value is -2.10. The van der Waals surface area contributed by atoms with Crippen molar-refractivity contribution in [2.24, 2.45) is 0 Å². The van der Waals surface area contributed by atoms with Crippen LogP contribution in [0.1, 0.15) is 37.3 Å². The Morgan fingerprint density at radius 3 is 3.00 bits per heavy atom. The van der Waals surface area contributed by atoms with Gasteiger partial charge in [-0.2, -0.15) is 0 Å². The molecule has 0 amide bonds. The first kappa shape index (κ1) is 11.0. The van der Waals surface area contributed by atoms with Crippen molar-refractivity contribution < 1.29 is 10.9 Å². The van der Waals surface area contributed by atoms with Crippen LogP contribution in [-0.2, 0) is 4.74 Å². The normalized spacial score (nSPS) is 12.8. The molecule has 0 unspecified atom stereocenters. The summed E-state index contributed by atoms with van der Waals surface area (Å²) in [5.41, 5.74) is 1.50. The smallest absolute Gasteiger partial charge is 0.356 e. The fourth-order valence-corrected chi connectivity index (χ4v) is 1.83. The van der Waals surface area contributed by atoms with E-state index in [2.05, 4.69) is 4.98 Å². The number of benzene rings is 1. The van der Waals surface area contributed by atoms with E-state index in [1.165, 1.54) is 6.20 Å². The van der Waals surface area contributed by atoms with E-state index in [9.17, 15) is 4.79 Å². The molecule has 0 fully saturated rings. The minimum absolute atomic E-state index is 0.00208. The summed E-state index contributed by atoms with van der Waals surface area (Å²) < 4.78 is 13.7. The number of ether oxygens (including phenoxy) is 1. The molecular weight excluding hydrogens is 228 g/mol. The summed E-state index contributed by atoms with van der Waals surface area (Å²) >= 11 is 0. The van der Waals surface area contributed by atoms with Gasteiger partial charge in [0.05, 0.1) is 25.2 Å². The van der Waals surface area contributed by atoms with E-state index in [1.807, 2.05) is 37.3 Å². The van der Waals surface area contributed by atoms with Gasteiger partial charge in [0.25, 0.3) is 0 Å². The van der Waals surface area contributed by atoms with E-state index in [0.717, 1.165) is 5.56 Å². The number of aromatic nitrogens is 2. The Morgan fingerprint density at radius 2 is 2.28 bits per heavy atom. The van der Waals surface area contributed by atoms with Gasteiger partial charge in [-0.1, -0.05) is 30.3 Å². The largest absolute Gasteiger partial charge is 0.461 e.